The summed E-state index contributed by atoms with van der Waals surface area (Å²) < 4.78 is 34.0. The number of methoxy groups -OCH3 is 1. The van der Waals surface area contributed by atoms with Crippen molar-refractivity contribution in [3.05, 3.63) is 52.5 Å². The fraction of sp³-hybridized carbons (Fsp3) is 0.235. The Morgan fingerprint density at radius 2 is 1.80 bits per heavy atom. The number of anilines is 1. The molecular weight excluding hydrogens is 408 g/mol. The Hall–Kier alpha value is -1.90. The van der Waals surface area contributed by atoms with Gasteiger partial charge in [-0.15, -0.1) is 0 Å². The minimum Gasteiger partial charge on any atom is -0.495 e. The van der Waals surface area contributed by atoms with Crippen LogP contribution < -0.4 is 14.8 Å². The van der Waals surface area contributed by atoms with Crippen LogP contribution in [0.15, 0.2) is 51.8 Å². The molecule has 0 aliphatic rings. The van der Waals surface area contributed by atoms with Gasteiger partial charge in [0, 0.05) is 17.4 Å². The Labute approximate surface area is 155 Å². The number of ether oxygens (including phenoxy) is 1. The van der Waals surface area contributed by atoms with Crippen LogP contribution in [0.1, 0.15) is 25.5 Å². The quantitative estimate of drug-likeness (QED) is 0.740. The van der Waals surface area contributed by atoms with Crippen molar-refractivity contribution in [2.75, 3.05) is 12.4 Å². The molecule has 0 fully saturated rings. The molecule has 8 heteroatoms. The molecule has 1 atom stereocenters. The van der Waals surface area contributed by atoms with Crippen LogP contribution in [0.3, 0.4) is 0 Å². The number of carbonyl (C=O) groups is 1. The molecule has 0 bridgehead atoms. The lowest BCUT2D eigenvalue weighted by molar-refractivity contribution is -0.114. The summed E-state index contributed by atoms with van der Waals surface area (Å²) in [6.07, 6.45) is 0. The highest BCUT2D eigenvalue weighted by atomic mass is 79.9. The van der Waals surface area contributed by atoms with Crippen LogP contribution in [-0.2, 0) is 14.8 Å². The van der Waals surface area contributed by atoms with E-state index in [1.54, 1.807) is 6.92 Å². The van der Waals surface area contributed by atoms with Crippen molar-refractivity contribution >= 4 is 37.5 Å². The Bertz CT molecular complexity index is 867. The molecule has 6 nitrogen and oxygen atoms in total. The summed E-state index contributed by atoms with van der Waals surface area (Å²) in [5, 5.41) is 2.57. The predicted octanol–water partition coefficient (Wildman–Crippen LogP) is 3.46. The third-order valence-electron chi connectivity index (χ3n) is 3.49. The SMILES string of the molecule is COc1ccc(S(=O)(=O)N[C@@H](C)c2ccc(Br)cc2)cc1NC(C)=O. The van der Waals surface area contributed by atoms with Crippen LogP contribution in [-0.4, -0.2) is 21.4 Å². The summed E-state index contributed by atoms with van der Waals surface area (Å²) in [4.78, 5) is 11.3. The third kappa shape index (κ3) is 5.04. The van der Waals surface area contributed by atoms with E-state index in [9.17, 15) is 13.2 Å². The highest BCUT2D eigenvalue weighted by Gasteiger charge is 2.20. The maximum Gasteiger partial charge on any atom is 0.241 e. The van der Waals surface area contributed by atoms with Crippen molar-refractivity contribution in [1.82, 2.24) is 4.72 Å². The number of nitrogens with one attached hydrogen (secondary N) is 2. The predicted molar refractivity (Wildman–Crippen MR) is 100 cm³/mol. The summed E-state index contributed by atoms with van der Waals surface area (Å²) >= 11 is 3.35. The van der Waals surface area contributed by atoms with Gasteiger partial charge in [0.05, 0.1) is 17.7 Å². The minimum absolute atomic E-state index is 0.0426. The topological polar surface area (TPSA) is 84.5 Å². The van der Waals surface area contributed by atoms with Gasteiger partial charge in [-0.1, -0.05) is 28.1 Å². The smallest absolute Gasteiger partial charge is 0.241 e. The molecular formula is C17H19BrN2O4S. The van der Waals surface area contributed by atoms with E-state index in [1.165, 1.54) is 32.2 Å². The normalized spacial score (nSPS) is 12.5. The van der Waals surface area contributed by atoms with Crippen molar-refractivity contribution in [3.63, 3.8) is 0 Å². The van der Waals surface area contributed by atoms with Crippen LogP contribution in [0.5, 0.6) is 5.75 Å². The molecule has 0 spiro atoms. The number of amides is 1. The Balaban J connectivity index is 2.29. The fourth-order valence-electron chi connectivity index (χ4n) is 2.26. The molecule has 2 aromatic carbocycles. The van der Waals surface area contributed by atoms with Gasteiger partial charge in [-0.05, 0) is 42.8 Å². The molecule has 0 aliphatic heterocycles. The number of carbonyl (C=O) groups excluding carboxylic acids is 1. The summed E-state index contributed by atoms with van der Waals surface area (Å²) in [7, 11) is -2.32. The molecule has 0 radical (unpaired) electrons. The van der Waals surface area contributed by atoms with Crippen LogP contribution >= 0.6 is 15.9 Å². The van der Waals surface area contributed by atoms with Crippen LogP contribution in [0.25, 0.3) is 0 Å². The molecule has 0 unspecified atom stereocenters. The number of rotatable bonds is 6. The first-order valence-corrected chi connectivity index (χ1v) is 9.74. The average Bonchev–Trinajstić information content (AvgIpc) is 2.54. The van der Waals surface area contributed by atoms with E-state index in [1.807, 2.05) is 24.3 Å². The van der Waals surface area contributed by atoms with E-state index in [-0.39, 0.29) is 10.8 Å². The lowest BCUT2D eigenvalue weighted by Crippen LogP contribution is -2.27. The largest absolute Gasteiger partial charge is 0.495 e. The van der Waals surface area contributed by atoms with Crippen molar-refractivity contribution < 1.29 is 17.9 Å². The Kier molecular flexibility index (Phi) is 6.21. The first-order chi connectivity index (χ1) is 11.7. The standard InChI is InChI=1S/C17H19BrN2O4S/c1-11(13-4-6-14(18)7-5-13)20-25(22,23)15-8-9-17(24-3)16(10-15)19-12(2)21/h4-11,20H,1-3H3,(H,19,21)/t11-/m0/s1. The molecule has 2 rings (SSSR count). The Morgan fingerprint density at radius 1 is 1.16 bits per heavy atom. The van der Waals surface area contributed by atoms with Gasteiger partial charge in [0.1, 0.15) is 5.75 Å². The molecule has 2 aromatic rings. The average molecular weight is 427 g/mol. The molecule has 0 saturated heterocycles. The zero-order valence-corrected chi connectivity index (χ0v) is 16.4. The lowest BCUT2D eigenvalue weighted by Gasteiger charge is -2.16. The molecule has 0 aromatic heterocycles. The van der Waals surface area contributed by atoms with Crippen molar-refractivity contribution in [2.24, 2.45) is 0 Å². The van der Waals surface area contributed by atoms with E-state index < -0.39 is 16.1 Å². The second-order valence-electron chi connectivity index (χ2n) is 5.44. The van der Waals surface area contributed by atoms with Gasteiger partial charge in [0.2, 0.25) is 15.9 Å². The molecule has 1 amide bonds. The molecule has 25 heavy (non-hydrogen) atoms. The van der Waals surface area contributed by atoms with E-state index in [4.69, 9.17) is 4.74 Å². The van der Waals surface area contributed by atoms with Gasteiger partial charge >= 0.3 is 0 Å². The number of benzene rings is 2. The van der Waals surface area contributed by atoms with E-state index >= 15 is 0 Å². The number of halogens is 1. The van der Waals surface area contributed by atoms with Crippen LogP contribution in [0.2, 0.25) is 0 Å². The van der Waals surface area contributed by atoms with Crippen molar-refractivity contribution in [1.29, 1.82) is 0 Å². The highest BCUT2D eigenvalue weighted by Crippen LogP contribution is 2.28. The maximum absolute atomic E-state index is 12.6. The highest BCUT2D eigenvalue weighted by molar-refractivity contribution is 9.10. The molecule has 0 aliphatic carbocycles. The number of sulfonamides is 1. The number of hydrogen-bond donors (Lipinski definition) is 2. The van der Waals surface area contributed by atoms with Gasteiger partial charge in [-0.3, -0.25) is 4.79 Å². The van der Waals surface area contributed by atoms with Crippen LogP contribution in [0, 0.1) is 0 Å². The summed E-state index contributed by atoms with van der Waals surface area (Å²) in [5.74, 6) is 0.0687. The summed E-state index contributed by atoms with van der Waals surface area (Å²) in [6.45, 7) is 3.10. The Morgan fingerprint density at radius 3 is 2.36 bits per heavy atom. The lowest BCUT2D eigenvalue weighted by atomic mass is 10.1. The fourth-order valence-corrected chi connectivity index (χ4v) is 3.78. The van der Waals surface area contributed by atoms with Gasteiger partial charge in [-0.25, -0.2) is 13.1 Å². The van der Waals surface area contributed by atoms with Crippen LogP contribution in [0.4, 0.5) is 5.69 Å². The van der Waals surface area contributed by atoms with Gasteiger partial charge < -0.3 is 10.1 Å². The first kappa shape index (κ1) is 19.4. The van der Waals surface area contributed by atoms with E-state index in [2.05, 4.69) is 26.0 Å². The zero-order valence-electron chi connectivity index (χ0n) is 14.0. The molecule has 0 heterocycles. The van der Waals surface area contributed by atoms with Crippen molar-refractivity contribution in [2.45, 2.75) is 24.8 Å². The monoisotopic (exact) mass is 426 g/mol. The number of hydrogen-bond acceptors (Lipinski definition) is 4. The summed E-state index contributed by atoms with van der Waals surface area (Å²) in [5.41, 5.74) is 1.14. The molecule has 2 N–H and O–H groups in total. The second kappa shape index (κ2) is 7.99. The van der Waals surface area contributed by atoms with Gasteiger partial charge in [0.15, 0.2) is 0 Å². The van der Waals surface area contributed by atoms with E-state index in [0.29, 0.717) is 11.4 Å². The zero-order chi connectivity index (χ0) is 18.6. The molecule has 134 valence electrons. The van der Waals surface area contributed by atoms with Gasteiger partial charge in [-0.2, -0.15) is 0 Å². The third-order valence-corrected chi connectivity index (χ3v) is 5.56. The van der Waals surface area contributed by atoms with Gasteiger partial charge in [0.25, 0.3) is 0 Å². The second-order valence-corrected chi connectivity index (χ2v) is 8.07. The minimum atomic E-state index is -3.77. The summed E-state index contributed by atoms with van der Waals surface area (Å²) in [6, 6.07) is 11.3. The maximum atomic E-state index is 12.6. The van der Waals surface area contributed by atoms with Crippen molar-refractivity contribution in [3.8, 4) is 5.75 Å². The first-order valence-electron chi connectivity index (χ1n) is 7.46. The van der Waals surface area contributed by atoms with E-state index in [0.717, 1.165) is 10.0 Å². The molecule has 0 saturated carbocycles.